The maximum Gasteiger partial charge on any atom is 0.419 e. The number of benzene rings is 2. The number of anilines is 1. The lowest BCUT2D eigenvalue weighted by Gasteiger charge is -2.17. The Bertz CT molecular complexity index is 665. The minimum absolute atomic E-state index is 0.0159. The van der Waals surface area contributed by atoms with Gasteiger partial charge in [-0.1, -0.05) is 30.7 Å². The molecule has 0 radical (unpaired) electrons. The molecule has 0 aliphatic carbocycles. The normalized spacial score (nSPS) is 11.5. The Morgan fingerprint density at radius 2 is 1.86 bits per heavy atom. The second-order valence-corrected chi connectivity index (χ2v) is 5.12. The minimum atomic E-state index is -4.45. The van der Waals surface area contributed by atoms with Gasteiger partial charge in [-0.2, -0.15) is 13.2 Å². The van der Waals surface area contributed by atoms with E-state index in [1.165, 1.54) is 6.07 Å². The van der Waals surface area contributed by atoms with Crippen molar-refractivity contribution < 1.29 is 17.9 Å². The van der Waals surface area contributed by atoms with Crippen LogP contribution in [-0.4, -0.2) is 0 Å². The molecule has 0 atom stereocenters. The standard InChI is InChI=1S/C17H18F3NO/c1-3-12-5-4-6-15(21)13(12)10-22-16-8-7-11(2)9-14(16)17(18,19)20/h4-9H,3,10,21H2,1-2H3. The van der Waals surface area contributed by atoms with Crippen LogP contribution in [0.25, 0.3) is 0 Å². The Hall–Kier alpha value is -2.17. The van der Waals surface area contributed by atoms with Gasteiger partial charge in [0, 0.05) is 11.3 Å². The zero-order chi connectivity index (χ0) is 16.3. The van der Waals surface area contributed by atoms with Gasteiger partial charge in [0.1, 0.15) is 12.4 Å². The van der Waals surface area contributed by atoms with Gasteiger partial charge in [-0.3, -0.25) is 0 Å². The first-order valence-electron chi connectivity index (χ1n) is 6.99. The molecule has 2 nitrogen and oxygen atoms in total. The second-order valence-electron chi connectivity index (χ2n) is 5.12. The van der Waals surface area contributed by atoms with Gasteiger partial charge in [0.05, 0.1) is 5.56 Å². The van der Waals surface area contributed by atoms with Crippen LogP contribution >= 0.6 is 0 Å². The average molecular weight is 309 g/mol. The van der Waals surface area contributed by atoms with Crippen LogP contribution < -0.4 is 10.5 Å². The molecule has 0 saturated carbocycles. The van der Waals surface area contributed by atoms with E-state index in [0.29, 0.717) is 11.3 Å². The quantitative estimate of drug-likeness (QED) is 0.828. The predicted octanol–water partition coefficient (Wildman–Crippen LogP) is 4.74. The summed E-state index contributed by atoms with van der Waals surface area (Å²) in [6.45, 7) is 3.59. The van der Waals surface area contributed by atoms with Gasteiger partial charge < -0.3 is 10.5 Å². The monoisotopic (exact) mass is 309 g/mol. The third-order valence-corrected chi connectivity index (χ3v) is 3.50. The van der Waals surface area contributed by atoms with Crippen molar-refractivity contribution >= 4 is 5.69 Å². The summed E-state index contributed by atoms with van der Waals surface area (Å²) in [4.78, 5) is 0. The van der Waals surface area contributed by atoms with E-state index in [9.17, 15) is 13.2 Å². The first-order chi connectivity index (χ1) is 10.3. The van der Waals surface area contributed by atoms with Crippen molar-refractivity contribution in [2.45, 2.75) is 33.1 Å². The van der Waals surface area contributed by atoms with E-state index >= 15 is 0 Å². The minimum Gasteiger partial charge on any atom is -0.488 e. The lowest BCUT2D eigenvalue weighted by molar-refractivity contribution is -0.139. The van der Waals surface area contributed by atoms with E-state index in [2.05, 4.69) is 0 Å². The SMILES string of the molecule is CCc1cccc(N)c1COc1ccc(C)cc1C(F)(F)F. The highest BCUT2D eigenvalue weighted by Gasteiger charge is 2.34. The first-order valence-corrected chi connectivity index (χ1v) is 6.99. The Balaban J connectivity index is 2.30. The van der Waals surface area contributed by atoms with Gasteiger partial charge in [-0.05, 0) is 37.1 Å². The average Bonchev–Trinajstić information content (AvgIpc) is 2.45. The molecule has 0 saturated heterocycles. The highest BCUT2D eigenvalue weighted by molar-refractivity contribution is 5.51. The largest absolute Gasteiger partial charge is 0.488 e. The lowest BCUT2D eigenvalue weighted by atomic mass is 10.0. The number of hydrogen-bond acceptors (Lipinski definition) is 2. The molecular weight excluding hydrogens is 291 g/mol. The number of nitrogens with two attached hydrogens (primary N) is 1. The Kier molecular flexibility index (Phi) is 4.64. The molecule has 0 heterocycles. The van der Waals surface area contributed by atoms with E-state index in [1.54, 1.807) is 19.1 Å². The number of rotatable bonds is 4. The summed E-state index contributed by atoms with van der Waals surface area (Å²) in [6.07, 6.45) is -3.71. The van der Waals surface area contributed by atoms with Crippen LogP contribution in [0.15, 0.2) is 36.4 Å². The fourth-order valence-electron chi connectivity index (χ4n) is 2.30. The summed E-state index contributed by atoms with van der Waals surface area (Å²) in [5.74, 6) is -0.177. The van der Waals surface area contributed by atoms with Crippen LogP contribution in [0.3, 0.4) is 0 Å². The van der Waals surface area contributed by atoms with E-state index in [4.69, 9.17) is 10.5 Å². The van der Waals surface area contributed by atoms with Gasteiger partial charge in [0.15, 0.2) is 0 Å². The second kappa shape index (κ2) is 6.30. The van der Waals surface area contributed by atoms with Gasteiger partial charge >= 0.3 is 6.18 Å². The molecule has 0 unspecified atom stereocenters. The summed E-state index contributed by atoms with van der Waals surface area (Å²) >= 11 is 0. The predicted molar refractivity (Wildman–Crippen MR) is 80.7 cm³/mol. The van der Waals surface area contributed by atoms with E-state index < -0.39 is 11.7 Å². The number of nitrogen functional groups attached to an aromatic ring is 1. The van der Waals surface area contributed by atoms with Crippen molar-refractivity contribution in [1.29, 1.82) is 0 Å². The van der Waals surface area contributed by atoms with Crippen LogP contribution in [0.1, 0.15) is 29.2 Å². The molecule has 0 spiro atoms. The van der Waals surface area contributed by atoms with Crippen LogP contribution in [0.4, 0.5) is 18.9 Å². The van der Waals surface area contributed by atoms with Crippen molar-refractivity contribution in [3.05, 3.63) is 58.7 Å². The zero-order valence-electron chi connectivity index (χ0n) is 12.5. The number of ether oxygens (including phenoxy) is 1. The molecule has 22 heavy (non-hydrogen) atoms. The maximum absolute atomic E-state index is 13.1. The van der Waals surface area contributed by atoms with Crippen LogP contribution in [-0.2, 0) is 19.2 Å². The number of alkyl halides is 3. The molecule has 118 valence electrons. The van der Waals surface area contributed by atoms with Crippen molar-refractivity contribution in [3.63, 3.8) is 0 Å². The third-order valence-electron chi connectivity index (χ3n) is 3.50. The topological polar surface area (TPSA) is 35.2 Å². The van der Waals surface area contributed by atoms with Crippen molar-refractivity contribution in [2.24, 2.45) is 0 Å². The number of halogens is 3. The molecule has 2 aromatic rings. The van der Waals surface area contributed by atoms with Crippen molar-refractivity contribution in [3.8, 4) is 5.75 Å². The third kappa shape index (κ3) is 3.53. The van der Waals surface area contributed by atoms with Crippen LogP contribution in [0.2, 0.25) is 0 Å². The van der Waals surface area contributed by atoms with Crippen molar-refractivity contribution in [2.75, 3.05) is 5.73 Å². The maximum atomic E-state index is 13.1. The molecular formula is C17H18F3NO. The fraction of sp³-hybridized carbons (Fsp3) is 0.294. The molecule has 2 aromatic carbocycles. The number of hydrogen-bond donors (Lipinski definition) is 1. The van der Waals surface area contributed by atoms with Gasteiger partial charge in [-0.25, -0.2) is 0 Å². The summed E-state index contributed by atoms with van der Waals surface area (Å²) in [6, 6.07) is 9.48. The highest BCUT2D eigenvalue weighted by Crippen LogP contribution is 2.37. The van der Waals surface area contributed by atoms with E-state index in [0.717, 1.165) is 23.6 Å². The smallest absolute Gasteiger partial charge is 0.419 e. The molecule has 5 heteroatoms. The molecule has 0 aliphatic heterocycles. The first kappa shape index (κ1) is 16.2. The van der Waals surface area contributed by atoms with Crippen LogP contribution in [0.5, 0.6) is 5.75 Å². The molecule has 0 amide bonds. The summed E-state index contributed by atoms with van der Waals surface area (Å²) in [5.41, 5.74) is 7.91. The molecule has 0 aliphatic rings. The Morgan fingerprint density at radius 3 is 2.50 bits per heavy atom. The van der Waals surface area contributed by atoms with Crippen molar-refractivity contribution in [1.82, 2.24) is 0 Å². The Morgan fingerprint density at radius 1 is 1.14 bits per heavy atom. The Labute approximate surface area is 127 Å². The highest BCUT2D eigenvalue weighted by atomic mass is 19.4. The molecule has 2 rings (SSSR count). The number of aryl methyl sites for hydroxylation is 2. The van der Waals surface area contributed by atoms with E-state index in [-0.39, 0.29) is 12.4 Å². The van der Waals surface area contributed by atoms with Gasteiger partial charge in [0.2, 0.25) is 0 Å². The zero-order valence-corrected chi connectivity index (χ0v) is 12.5. The summed E-state index contributed by atoms with van der Waals surface area (Å²) in [7, 11) is 0. The van der Waals surface area contributed by atoms with E-state index in [1.807, 2.05) is 19.1 Å². The molecule has 2 N–H and O–H groups in total. The summed E-state index contributed by atoms with van der Waals surface area (Å²) < 4.78 is 44.7. The van der Waals surface area contributed by atoms with Crippen LogP contribution in [0, 0.1) is 6.92 Å². The lowest BCUT2D eigenvalue weighted by Crippen LogP contribution is -2.10. The molecule has 0 bridgehead atoms. The van der Waals surface area contributed by atoms with Gasteiger partial charge in [0.25, 0.3) is 0 Å². The molecule has 0 aromatic heterocycles. The summed E-state index contributed by atoms with van der Waals surface area (Å²) in [5, 5.41) is 0. The fourth-order valence-corrected chi connectivity index (χ4v) is 2.30. The molecule has 0 fully saturated rings. The van der Waals surface area contributed by atoms with Gasteiger partial charge in [-0.15, -0.1) is 0 Å².